The van der Waals surface area contributed by atoms with Crippen LogP contribution in [0.25, 0.3) is 0 Å². The molecule has 3 heterocycles. The number of morpholine rings is 1. The van der Waals surface area contributed by atoms with Crippen LogP contribution in [-0.2, 0) is 23.8 Å². The number of benzene rings is 2. The van der Waals surface area contributed by atoms with Crippen LogP contribution in [0.15, 0.2) is 47.4 Å². The van der Waals surface area contributed by atoms with Gasteiger partial charge < -0.3 is 14.4 Å². The molecule has 2 unspecified atom stereocenters. The lowest BCUT2D eigenvalue weighted by molar-refractivity contribution is 0.0303. The Kier molecular flexibility index (Phi) is 5.75. The first-order valence-electron chi connectivity index (χ1n) is 10.9. The second-order valence-electron chi connectivity index (χ2n) is 8.67. The zero-order valence-corrected chi connectivity index (χ0v) is 19.0. The Morgan fingerprint density at radius 3 is 2.42 bits per heavy atom. The number of rotatable bonds is 6. The molecule has 0 aliphatic carbocycles. The number of nitrogens with zero attached hydrogens (tertiary/aromatic N) is 2. The quantitative estimate of drug-likeness (QED) is 0.592. The summed E-state index contributed by atoms with van der Waals surface area (Å²) in [5.41, 5.74) is 1.76. The summed E-state index contributed by atoms with van der Waals surface area (Å²) in [6.07, 6.45) is 0.776. The molecule has 2 bridgehead atoms. The van der Waals surface area contributed by atoms with Gasteiger partial charge in [-0.2, -0.15) is 8.42 Å². The molecule has 2 aromatic carbocycles. The first-order chi connectivity index (χ1) is 15.8. The number of cyclic esters (lactones) is 1. The molecule has 3 atom stereocenters. The third kappa shape index (κ3) is 4.55. The van der Waals surface area contributed by atoms with Crippen LogP contribution in [0.3, 0.4) is 0 Å². The predicted octanol–water partition coefficient (Wildman–Crippen LogP) is 3.23. The Bertz CT molecular complexity index is 1140. The molecule has 0 N–H and O–H groups in total. The van der Waals surface area contributed by atoms with Crippen molar-refractivity contribution in [1.82, 2.24) is 0 Å². The van der Waals surface area contributed by atoms with E-state index in [1.807, 2.05) is 11.8 Å². The van der Waals surface area contributed by atoms with E-state index >= 15 is 0 Å². The first-order valence-corrected chi connectivity index (χ1v) is 12.3. The van der Waals surface area contributed by atoms with Gasteiger partial charge >= 0.3 is 6.09 Å². The second kappa shape index (κ2) is 8.58. The largest absolute Gasteiger partial charge is 0.441 e. The highest BCUT2D eigenvalue weighted by molar-refractivity contribution is 7.86. The molecule has 0 spiro atoms. The zero-order chi connectivity index (χ0) is 23.2. The second-order valence-corrected chi connectivity index (χ2v) is 10.3. The summed E-state index contributed by atoms with van der Waals surface area (Å²) in [6, 6.07) is 10.9. The minimum absolute atomic E-state index is 0.0310. The first kappa shape index (κ1) is 22.1. The molecule has 0 saturated carbocycles. The molecule has 1 amide bonds. The molecule has 0 aromatic heterocycles. The maximum atomic E-state index is 14.9. The van der Waals surface area contributed by atoms with Gasteiger partial charge in [-0.25, -0.2) is 9.18 Å². The Balaban J connectivity index is 1.23. The summed E-state index contributed by atoms with van der Waals surface area (Å²) < 4.78 is 55.9. The number of aryl methyl sites for hydroxylation is 1. The van der Waals surface area contributed by atoms with Crippen molar-refractivity contribution in [3.05, 3.63) is 53.8 Å². The van der Waals surface area contributed by atoms with Crippen molar-refractivity contribution in [2.75, 3.05) is 36.0 Å². The number of anilines is 2. The summed E-state index contributed by atoms with van der Waals surface area (Å²) in [7, 11) is -3.98. The highest BCUT2D eigenvalue weighted by atomic mass is 32.2. The average Bonchev–Trinajstić information content (AvgIpc) is 3.33. The maximum absolute atomic E-state index is 14.9. The summed E-state index contributed by atoms with van der Waals surface area (Å²) >= 11 is 0. The predicted molar refractivity (Wildman–Crippen MR) is 118 cm³/mol. The van der Waals surface area contributed by atoms with Gasteiger partial charge in [0.25, 0.3) is 10.1 Å². The standard InChI is InChI=1S/C23H25FN2O6S/c1-15-2-7-20(8-3-15)33(28,29)30-14-19-13-26(23(27)32-19)16-4-9-22(21(24)10-16)25-11-17-5-6-18(12-25)31-17/h2-4,7-10,17-19H,5-6,11-14H2,1H3/t17?,18?,19-/m1/s1. The smallest absolute Gasteiger partial charge is 0.414 e. The molecule has 8 nitrogen and oxygen atoms in total. The van der Waals surface area contributed by atoms with E-state index in [9.17, 15) is 17.6 Å². The van der Waals surface area contributed by atoms with Gasteiger partial charge in [-0.05, 0) is 50.1 Å². The van der Waals surface area contributed by atoms with Crippen LogP contribution in [0.2, 0.25) is 0 Å². The molecule has 0 radical (unpaired) electrons. The van der Waals surface area contributed by atoms with Crippen LogP contribution < -0.4 is 9.80 Å². The van der Waals surface area contributed by atoms with Crippen LogP contribution in [-0.4, -0.2) is 59.1 Å². The number of halogens is 1. The Labute approximate surface area is 192 Å². The van der Waals surface area contributed by atoms with E-state index in [2.05, 4.69) is 0 Å². The minimum Gasteiger partial charge on any atom is -0.441 e. The van der Waals surface area contributed by atoms with E-state index in [1.54, 1.807) is 24.3 Å². The van der Waals surface area contributed by atoms with Crippen LogP contribution in [0.4, 0.5) is 20.6 Å². The number of hydrogen-bond donors (Lipinski definition) is 0. The lowest BCUT2D eigenvalue weighted by atomic mass is 10.2. The van der Waals surface area contributed by atoms with E-state index in [0.717, 1.165) is 18.4 Å². The molecule has 2 aromatic rings. The number of amides is 1. The van der Waals surface area contributed by atoms with E-state index < -0.39 is 28.1 Å². The van der Waals surface area contributed by atoms with Crippen molar-refractivity contribution in [2.24, 2.45) is 0 Å². The van der Waals surface area contributed by atoms with Gasteiger partial charge in [-0.3, -0.25) is 9.08 Å². The molecule has 33 heavy (non-hydrogen) atoms. The molecule has 5 rings (SSSR count). The number of hydrogen-bond acceptors (Lipinski definition) is 7. The maximum Gasteiger partial charge on any atom is 0.414 e. The van der Waals surface area contributed by atoms with Crippen LogP contribution in [0.5, 0.6) is 0 Å². The Hall–Kier alpha value is -2.69. The highest BCUT2D eigenvalue weighted by Gasteiger charge is 2.36. The Morgan fingerprint density at radius 2 is 1.76 bits per heavy atom. The topological polar surface area (TPSA) is 85.4 Å². The fraction of sp³-hybridized carbons (Fsp3) is 0.435. The van der Waals surface area contributed by atoms with Gasteiger partial charge in [0, 0.05) is 13.1 Å². The van der Waals surface area contributed by atoms with Crippen LogP contribution >= 0.6 is 0 Å². The number of carbonyl (C=O) groups is 1. The van der Waals surface area contributed by atoms with Crippen molar-refractivity contribution in [3.63, 3.8) is 0 Å². The molecule has 3 aliphatic rings. The van der Waals surface area contributed by atoms with Crippen molar-refractivity contribution in [3.8, 4) is 0 Å². The van der Waals surface area contributed by atoms with Gasteiger partial charge in [0.15, 0.2) is 0 Å². The lowest BCUT2D eigenvalue weighted by Gasteiger charge is -2.34. The van der Waals surface area contributed by atoms with Crippen molar-refractivity contribution in [1.29, 1.82) is 0 Å². The molecular formula is C23H25FN2O6S. The third-order valence-corrected chi connectivity index (χ3v) is 7.52. The molecule has 3 aliphatic heterocycles. The lowest BCUT2D eigenvalue weighted by Crippen LogP contribution is -2.43. The van der Waals surface area contributed by atoms with Crippen molar-refractivity contribution < 1.29 is 31.3 Å². The molecular weight excluding hydrogens is 451 g/mol. The van der Waals surface area contributed by atoms with E-state index in [0.29, 0.717) is 24.5 Å². The summed E-state index contributed by atoms with van der Waals surface area (Å²) in [4.78, 5) is 15.7. The SMILES string of the molecule is Cc1ccc(S(=O)(=O)OC[C@H]2CN(c3ccc(N4CC5CCC(C4)O5)c(F)c3)C(=O)O2)cc1. The fourth-order valence-electron chi connectivity index (χ4n) is 4.49. The van der Waals surface area contributed by atoms with Gasteiger partial charge in [-0.15, -0.1) is 0 Å². The summed E-state index contributed by atoms with van der Waals surface area (Å²) in [5, 5.41) is 0. The normalized spacial score (nSPS) is 24.9. The average molecular weight is 477 g/mol. The van der Waals surface area contributed by atoms with Crippen molar-refractivity contribution in [2.45, 2.75) is 43.0 Å². The number of ether oxygens (including phenoxy) is 2. The molecule has 10 heteroatoms. The van der Waals surface area contributed by atoms with Gasteiger partial charge in [0.2, 0.25) is 0 Å². The monoisotopic (exact) mass is 476 g/mol. The van der Waals surface area contributed by atoms with Gasteiger partial charge in [0.05, 0.1) is 35.0 Å². The van der Waals surface area contributed by atoms with Gasteiger partial charge in [0.1, 0.15) is 18.5 Å². The van der Waals surface area contributed by atoms with Crippen LogP contribution in [0.1, 0.15) is 18.4 Å². The van der Waals surface area contributed by atoms with Crippen LogP contribution in [0, 0.1) is 12.7 Å². The van der Waals surface area contributed by atoms with Crippen molar-refractivity contribution >= 4 is 27.6 Å². The molecule has 3 saturated heterocycles. The van der Waals surface area contributed by atoms with E-state index in [4.69, 9.17) is 13.7 Å². The highest BCUT2D eigenvalue weighted by Crippen LogP contribution is 2.33. The van der Waals surface area contributed by atoms with E-state index in [-0.39, 0.29) is 30.3 Å². The third-order valence-electron chi connectivity index (χ3n) is 6.22. The number of carbonyl (C=O) groups excluding carboxylic acids is 1. The Morgan fingerprint density at radius 1 is 1.06 bits per heavy atom. The summed E-state index contributed by atoms with van der Waals surface area (Å²) in [6.45, 7) is 2.88. The van der Waals surface area contributed by atoms with E-state index in [1.165, 1.54) is 23.1 Å². The summed E-state index contributed by atoms with van der Waals surface area (Å²) in [5.74, 6) is -0.428. The molecule has 3 fully saturated rings. The number of fused-ring (bicyclic) bond motifs is 2. The molecule has 176 valence electrons. The zero-order valence-electron chi connectivity index (χ0n) is 18.1. The van der Waals surface area contributed by atoms with Gasteiger partial charge in [-0.1, -0.05) is 17.7 Å². The minimum atomic E-state index is -3.98. The fourth-order valence-corrected chi connectivity index (χ4v) is 5.43.